The van der Waals surface area contributed by atoms with Crippen LogP contribution in [0.15, 0.2) is 48.7 Å². The third kappa shape index (κ3) is 9.41. The summed E-state index contributed by atoms with van der Waals surface area (Å²) < 4.78 is 11.1. The Morgan fingerprint density at radius 1 is 0.976 bits per heavy atom. The van der Waals surface area contributed by atoms with Gasteiger partial charge >= 0.3 is 6.09 Å². The monoisotopic (exact) mass is 575 g/mol. The van der Waals surface area contributed by atoms with Crippen molar-refractivity contribution < 1.29 is 19.1 Å². The van der Waals surface area contributed by atoms with Crippen molar-refractivity contribution >= 4 is 22.9 Å². The van der Waals surface area contributed by atoms with Crippen LogP contribution in [0.2, 0.25) is 0 Å². The van der Waals surface area contributed by atoms with Gasteiger partial charge in [0.2, 0.25) is 5.88 Å². The number of nitrogens with zero attached hydrogens (tertiary/aromatic N) is 3. The number of rotatable bonds is 11. The van der Waals surface area contributed by atoms with Crippen LogP contribution >= 0.6 is 0 Å². The lowest BCUT2D eigenvalue weighted by Crippen LogP contribution is -2.37. The number of benzene rings is 1. The Bertz CT molecular complexity index is 1330. The van der Waals surface area contributed by atoms with Gasteiger partial charge in [0.15, 0.2) is 0 Å². The van der Waals surface area contributed by atoms with Gasteiger partial charge in [-0.2, -0.15) is 0 Å². The lowest BCUT2D eigenvalue weighted by Gasteiger charge is -2.29. The van der Waals surface area contributed by atoms with E-state index in [2.05, 4.69) is 20.5 Å². The average Bonchev–Trinajstić information content (AvgIpc) is 2.96. The Morgan fingerprint density at radius 2 is 1.67 bits per heavy atom. The van der Waals surface area contributed by atoms with Gasteiger partial charge in [-0.25, -0.2) is 14.8 Å². The van der Waals surface area contributed by atoms with Crippen molar-refractivity contribution in [2.24, 2.45) is 11.8 Å². The maximum Gasteiger partial charge on any atom is 0.407 e. The normalized spacial score (nSPS) is 17.2. The van der Waals surface area contributed by atoms with Crippen molar-refractivity contribution in [3.05, 3.63) is 54.2 Å². The lowest BCUT2D eigenvalue weighted by molar-refractivity contribution is 0.0512. The first-order valence-electron chi connectivity index (χ1n) is 15.0. The largest absolute Gasteiger partial charge is 0.478 e. The maximum absolute atomic E-state index is 13.5. The highest BCUT2D eigenvalue weighted by Crippen LogP contribution is 2.29. The molecule has 0 spiro atoms. The summed E-state index contributed by atoms with van der Waals surface area (Å²) in [7, 11) is 4.08. The van der Waals surface area contributed by atoms with Gasteiger partial charge in [-0.15, -0.1) is 0 Å². The van der Waals surface area contributed by atoms with Gasteiger partial charge in [-0.1, -0.05) is 18.2 Å². The molecule has 226 valence electrons. The molecule has 0 saturated heterocycles. The standard InChI is InChI=1S/C33H45N5O4/c1-33(2,3)42-32(40)36-21-24-13-11-23(12-14-24)20-35-31(39)27-19-29(37-28-10-7-6-9-26(27)28)25-15-16-30(34-22-25)41-18-8-17-38(4)5/h6-7,9-10,15-16,19,22-24H,8,11-14,17-18,20-21H2,1-5H3,(H,35,39)(H,36,40). The molecule has 4 rings (SSSR count). The van der Waals surface area contributed by atoms with E-state index in [0.717, 1.165) is 55.1 Å². The summed E-state index contributed by atoms with van der Waals surface area (Å²) in [5.74, 6) is 1.32. The molecule has 3 aromatic rings. The Kier molecular flexibility index (Phi) is 10.7. The fourth-order valence-electron chi connectivity index (χ4n) is 5.20. The highest BCUT2D eigenvalue weighted by atomic mass is 16.6. The number of ether oxygens (including phenoxy) is 2. The lowest BCUT2D eigenvalue weighted by atomic mass is 9.82. The zero-order valence-electron chi connectivity index (χ0n) is 25.6. The zero-order valence-corrected chi connectivity index (χ0v) is 25.6. The predicted octanol–water partition coefficient (Wildman–Crippen LogP) is 5.69. The van der Waals surface area contributed by atoms with Crippen molar-refractivity contribution in [3.63, 3.8) is 0 Å². The zero-order chi connectivity index (χ0) is 30.1. The van der Waals surface area contributed by atoms with E-state index in [0.29, 0.717) is 48.7 Å². The Labute approximate surface area is 249 Å². The molecule has 1 aliphatic carbocycles. The highest BCUT2D eigenvalue weighted by Gasteiger charge is 2.24. The van der Waals surface area contributed by atoms with E-state index in [-0.39, 0.29) is 12.0 Å². The third-order valence-electron chi connectivity index (χ3n) is 7.44. The van der Waals surface area contributed by atoms with E-state index in [4.69, 9.17) is 14.5 Å². The molecule has 2 aromatic heterocycles. The van der Waals surface area contributed by atoms with Gasteiger partial charge in [0.25, 0.3) is 5.91 Å². The van der Waals surface area contributed by atoms with Gasteiger partial charge in [-0.3, -0.25) is 4.79 Å². The first-order chi connectivity index (χ1) is 20.1. The van der Waals surface area contributed by atoms with Gasteiger partial charge < -0.3 is 25.0 Å². The molecule has 0 aliphatic heterocycles. The summed E-state index contributed by atoms with van der Waals surface area (Å²) in [5, 5.41) is 6.90. The number of alkyl carbamates (subject to hydrolysis) is 1. The number of hydrogen-bond acceptors (Lipinski definition) is 7. The van der Waals surface area contributed by atoms with Crippen LogP contribution in [0.3, 0.4) is 0 Å². The number of nitrogens with one attached hydrogen (secondary N) is 2. The summed E-state index contributed by atoms with van der Waals surface area (Å²) >= 11 is 0. The molecule has 2 amide bonds. The fraction of sp³-hybridized carbons (Fsp3) is 0.515. The van der Waals surface area contributed by atoms with E-state index in [1.807, 2.05) is 77.3 Å². The molecular formula is C33H45N5O4. The number of para-hydroxylation sites is 1. The minimum Gasteiger partial charge on any atom is -0.478 e. The SMILES string of the molecule is CN(C)CCCOc1ccc(-c2cc(C(=O)NCC3CCC(CNC(=O)OC(C)(C)C)CC3)c3ccccc3n2)cn1. The van der Waals surface area contributed by atoms with Gasteiger partial charge in [-0.05, 0) is 97.0 Å². The first kappa shape index (κ1) is 31.2. The predicted molar refractivity (Wildman–Crippen MR) is 166 cm³/mol. The minimum absolute atomic E-state index is 0.0997. The average molecular weight is 576 g/mol. The smallest absolute Gasteiger partial charge is 0.407 e. The number of fused-ring (bicyclic) bond motifs is 1. The number of pyridine rings is 2. The topological polar surface area (TPSA) is 106 Å². The highest BCUT2D eigenvalue weighted by molar-refractivity contribution is 6.07. The van der Waals surface area contributed by atoms with Gasteiger partial charge in [0.05, 0.1) is 23.4 Å². The Balaban J connectivity index is 1.33. The molecule has 0 radical (unpaired) electrons. The number of aromatic nitrogens is 2. The molecule has 0 bridgehead atoms. The van der Waals surface area contributed by atoms with E-state index in [1.54, 1.807) is 6.20 Å². The van der Waals surface area contributed by atoms with Crippen molar-refractivity contribution in [2.75, 3.05) is 40.3 Å². The third-order valence-corrected chi connectivity index (χ3v) is 7.44. The summed E-state index contributed by atoms with van der Waals surface area (Å²) in [5.41, 5.74) is 2.40. The minimum atomic E-state index is -0.497. The van der Waals surface area contributed by atoms with Gasteiger partial charge in [0, 0.05) is 42.8 Å². The molecule has 1 fully saturated rings. The van der Waals surface area contributed by atoms with Crippen LogP contribution in [0.25, 0.3) is 22.2 Å². The van der Waals surface area contributed by atoms with E-state index < -0.39 is 5.60 Å². The van der Waals surface area contributed by atoms with Crippen molar-refractivity contribution in [3.8, 4) is 17.1 Å². The quantitative estimate of drug-likeness (QED) is 0.283. The molecule has 2 heterocycles. The second-order valence-electron chi connectivity index (χ2n) is 12.4. The second kappa shape index (κ2) is 14.4. The van der Waals surface area contributed by atoms with Crippen LogP contribution in [-0.4, -0.2) is 72.8 Å². The molecule has 0 atom stereocenters. The number of carbonyl (C=O) groups is 2. The summed E-state index contributed by atoms with van der Waals surface area (Å²) in [4.78, 5) is 36.8. The van der Waals surface area contributed by atoms with E-state index in [9.17, 15) is 9.59 Å². The van der Waals surface area contributed by atoms with Crippen LogP contribution < -0.4 is 15.4 Å². The summed E-state index contributed by atoms with van der Waals surface area (Å²) in [6.07, 6.45) is 6.36. The Morgan fingerprint density at radius 3 is 2.31 bits per heavy atom. The molecule has 0 unspecified atom stereocenters. The van der Waals surface area contributed by atoms with Crippen LogP contribution in [0, 0.1) is 11.8 Å². The van der Waals surface area contributed by atoms with Crippen molar-refractivity contribution in [1.29, 1.82) is 0 Å². The molecule has 2 N–H and O–H groups in total. The molecule has 9 heteroatoms. The summed E-state index contributed by atoms with van der Waals surface area (Å²) in [6, 6.07) is 13.4. The van der Waals surface area contributed by atoms with E-state index >= 15 is 0 Å². The number of carbonyl (C=O) groups excluding carboxylic acids is 2. The molecule has 42 heavy (non-hydrogen) atoms. The van der Waals surface area contributed by atoms with Gasteiger partial charge in [0.1, 0.15) is 5.60 Å². The van der Waals surface area contributed by atoms with Crippen LogP contribution in [0.4, 0.5) is 4.79 Å². The van der Waals surface area contributed by atoms with Crippen molar-refractivity contribution in [2.45, 2.75) is 58.5 Å². The molecule has 1 saturated carbocycles. The molecule has 1 aliphatic rings. The molecular weight excluding hydrogens is 530 g/mol. The first-order valence-corrected chi connectivity index (χ1v) is 15.0. The van der Waals surface area contributed by atoms with Crippen LogP contribution in [0.1, 0.15) is 63.2 Å². The maximum atomic E-state index is 13.5. The van der Waals surface area contributed by atoms with Crippen LogP contribution in [-0.2, 0) is 4.74 Å². The number of hydrogen-bond donors (Lipinski definition) is 2. The number of amides is 2. The fourth-order valence-corrected chi connectivity index (χ4v) is 5.20. The molecule has 1 aromatic carbocycles. The van der Waals surface area contributed by atoms with Crippen molar-refractivity contribution in [1.82, 2.24) is 25.5 Å². The second-order valence-corrected chi connectivity index (χ2v) is 12.4. The van der Waals surface area contributed by atoms with E-state index in [1.165, 1.54) is 0 Å². The Hall–Kier alpha value is -3.72. The molecule has 9 nitrogen and oxygen atoms in total. The summed E-state index contributed by atoms with van der Waals surface area (Å²) in [6.45, 7) is 8.39. The van der Waals surface area contributed by atoms with Crippen LogP contribution in [0.5, 0.6) is 5.88 Å².